The second-order valence-electron chi connectivity index (χ2n) is 5.33. The van der Waals surface area contributed by atoms with E-state index in [0.717, 1.165) is 36.0 Å². The highest BCUT2D eigenvalue weighted by Gasteiger charge is 2.25. The van der Waals surface area contributed by atoms with Crippen molar-refractivity contribution in [3.05, 3.63) is 65.2 Å². The third-order valence-corrected chi connectivity index (χ3v) is 3.90. The van der Waals surface area contributed by atoms with Gasteiger partial charge in [0.15, 0.2) is 5.78 Å². The maximum Gasteiger partial charge on any atom is 0.166 e. The Labute approximate surface area is 117 Å². The van der Waals surface area contributed by atoms with E-state index in [2.05, 4.69) is 4.98 Å². The second-order valence-corrected chi connectivity index (χ2v) is 5.33. The number of fused-ring (bicyclic) bond motifs is 1. The number of hydrogen-bond acceptors (Lipinski definition) is 2. The van der Waals surface area contributed by atoms with E-state index in [-0.39, 0.29) is 17.5 Å². The standard InChI is InChI=1S/C17H16FNO/c18-15-9-12(10-19-11-15)8-14-6-3-5-13-4-1-2-7-16(13)17(14)20/h1-2,4,7,9-11,14H,3,5-6,8H2. The van der Waals surface area contributed by atoms with E-state index < -0.39 is 0 Å². The first-order valence-corrected chi connectivity index (χ1v) is 6.95. The molecule has 0 saturated carbocycles. The minimum Gasteiger partial charge on any atom is -0.294 e. The minimum atomic E-state index is -0.344. The molecule has 0 spiro atoms. The van der Waals surface area contributed by atoms with E-state index in [9.17, 15) is 9.18 Å². The molecule has 2 aromatic rings. The highest BCUT2D eigenvalue weighted by atomic mass is 19.1. The highest BCUT2D eigenvalue weighted by Crippen LogP contribution is 2.27. The maximum absolute atomic E-state index is 13.2. The first-order chi connectivity index (χ1) is 9.74. The molecule has 0 N–H and O–H groups in total. The molecule has 0 fully saturated rings. The van der Waals surface area contributed by atoms with Crippen molar-refractivity contribution >= 4 is 5.78 Å². The number of nitrogens with zero attached hydrogens (tertiary/aromatic N) is 1. The zero-order valence-corrected chi connectivity index (χ0v) is 11.2. The molecule has 1 aromatic heterocycles. The number of hydrogen-bond donors (Lipinski definition) is 0. The Hall–Kier alpha value is -2.03. The van der Waals surface area contributed by atoms with Crippen LogP contribution in [-0.4, -0.2) is 10.8 Å². The second kappa shape index (κ2) is 5.53. The van der Waals surface area contributed by atoms with Gasteiger partial charge in [-0.15, -0.1) is 0 Å². The Morgan fingerprint density at radius 1 is 1.25 bits per heavy atom. The molecule has 0 saturated heterocycles. The Morgan fingerprint density at radius 3 is 2.95 bits per heavy atom. The molecule has 1 aliphatic rings. The van der Waals surface area contributed by atoms with Crippen LogP contribution in [0.25, 0.3) is 0 Å². The van der Waals surface area contributed by atoms with E-state index in [1.807, 2.05) is 24.3 Å². The lowest BCUT2D eigenvalue weighted by molar-refractivity contribution is 0.0915. The first kappa shape index (κ1) is 13.0. The molecule has 102 valence electrons. The number of pyridine rings is 1. The highest BCUT2D eigenvalue weighted by molar-refractivity contribution is 5.99. The van der Waals surface area contributed by atoms with Crippen molar-refractivity contribution in [1.82, 2.24) is 4.98 Å². The zero-order valence-electron chi connectivity index (χ0n) is 11.2. The molecule has 0 amide bonds. The molecule has 3 heteroatoms. The summed E-state index contributed by atoms with van der Waals surface area (Å²) in [5.41, 5.74) is 2.76. The summed E-state index contributed by atoms with van der Waals surface area (Å²) in [5.74, 6) is -0.228. The van der Waals surface area contributed by atoms with Gasteiger partial charge in [-0.25, -0.2) is 4.39 Å². The molecule has 0 radical (unpaired) electrons. The molecule has 1 heterocycles. The summed E-state index contributed by atoms with van der Waals surface area (Å²) in [6.45, 7) is 0. The predicted octanol–water partition coefficient (Wildman–Crippen LogP) is 3.60. The SMILES string of the molecule is O=C1c2ccccc2CCCC1Cc1cncc(F)c1. The van der Waals surface area contributed by atoms with E-state index in [1.54, 1.807) is 6.20 Å². The van der Waals surface area contributed by atoms with Crippen LogP contribution in [0.4, 0.5) is 4.39 Å². The normalized spacial score (nSPS) is 18.4. The van der Waals surface area contributed by atoms with Crippen LogP contribution in [0.15, 0.2) is 42.7 Å². The van der Waals surface area contributed by atoms with Gasteiger partial charge in [-0.2, -0.15) is 0 Å². The van der Waals surface area contributed by atoms with Gasteiger partial charge in [-0.1, -0.05) is 24.3 Å². The van der Waals surface area contributed by atoms with E-state index >= 15 is 0 Å². The fraction of sp³-hybridized carbons (Fsp3) is 0.294. The van der Waals surface area contributed by atoms with Crippen molar-refractivity contribution in [2.75, 3.05) is 0 Å². The summed E-state index contributed by atoms with van der Waals surface area (Å²) in [7, 11) is 0. The number of benzene rings is 1. The topological polar surface area (TPSA) is 30.0 Å². The van der Waals surface area contributed by atoms with Crippen LogP contribution in [0.3, 0.4) is 0 Å². The number of aromatic nitrogens is 1. The Kier molecular flexibility index (Phi) is 3.59. The Bertz CT molecular complexity index is 638. The van der Waals surface area contributed by atoms with Crippen LogP contribution in [0.5, 0.6) is 0 Å². The third-order valence-electron chi connectivity index (χ3n) is 3.90. The average molecular weight is 269 g/mol. The van der Waals surface area contributed by atoms with Crippen molar-refractivity contribution in [2.45, 2.75) is 25.7 Å². The number of Topliss-reactive ketones (excluding diaryl/α,β-unsaturated/α-hetero) is 1. The van der Waals surface area contributed by atoms with Crippen LogP contribution >= 0.6 is 0 Å². The molecule has 1 atom stereocenters. The van der Waals surface area contributed by atoms with Crippen molar-refractivity contribution in [3.8, 4) is 0 Å². The van der Waals surface area contributed by atoms with Gasteiger partial charge in [0, 0.05) is 17.7 Å². The van der Waals surface area contributed by atoms with Crippen molar-refractivity contribution in [3.63, 3.8) is 0 Å². The third kappa shape index (κ3) is 2.62. The van der Waals surface area contributed by atoms with E-state index in [4.69, 9.17) is 0 Å². The van der Waals surface area contributed by atoms with Gasteiger partial charge in [0.2, 0.25) is 0 Å². The quantitative estimate of drug-likeness (QED) is 0.780. The maximum atomic E-state index is 13.2. The largest absolute Gasteiger partial charge is 0.294 e. The summed E-state index contributed by atoms with van der Waals surface area (Å²) in [4.78, 5) is 16.5. The average Bonchev–Trinajstić information content (AvgIpc) is 2.60. The van der Waals surface area contributed by atoms with Crippen LogP contribution in [0.1, 0.15) is 34.3 Å². The van der Waals surface area contributed by atoms with Gasteiger partial charge in [0.25, 0.3) is 0 Å². The van der Waals surface area contributed by atoms with Gasteiger partial charge < -0.3 is 0 Å². The Morgan fingerprint density at radius 2 is 2.10 bits per heavy atom. The molecule has 0 bridgehead atoms. The molecule has 1 aromatic carbocycles. The van der Waals surface area contributed by atoms with Gasteiger partial charge in [-0.3, -0.25) is 9.78 Å². The summed E-state index contributed by atoms with van der Waals surface area (Å²) >= 11 is 0. The number of ketones is 1. The number of rotatable bonds is 2. The van der Waals surface area contributed by atoms with Crippen molar-refractivity contribution < 1.29 is 9.18 Å². The molecule has 1 unspecified atom stereocenters. The zero-order chi connectivity index (χ0) is 13.9. The fourth-order valence-corrected chi connectivity index (χ4v) is 2.92. The predicted molar refractivity (Wildman–Crippen MR) is 75.1 cm³/mol. The minimum absolute atomic E-state index is 0.0674. The monoisotopic (exact) mass is 269 g/mol. The number of carbonyl (C=O) groups is 1. The van der Waals surface area contributed by atoms with Crippen LogP contribution < -0.4 is 0 Å². The molecule has 0 aliphatic heterocycles. The lowest BCUT2D eigenvalue weighted by atomic mass is 9.90. The fourth-order valence-electron chi connectivity index (χ4n) is 2.92. The first-order valence-electron chi connectivity index (χ1n) is 6.95. The van der Waals surface area contributed by atoms with Crippen LogP contribution in [0.2, 0.25) is 0 Å². The van der Waals surface area contributed by atoms with Gasteiger partial charge in [0.05, 0.1) is 6.20 Å². The molecule has 20 heavy (non-hydrogen) atoms. The number of halogens is 1. The van der Waals surface area contributed by atoms with Gasteiger partial charge in [-0.05, 0) is 42.9 Å². The van der Waals surface area contributed by atoms with Crippen LogP contribution in [-0.2, 0) is 12.8 Å². The van der Waals surface area contributed by atoms with Gasteiger partial charge >= 0.3 is 0 Å². The van der Waals surface area contributed by atoms with Crippen molar-refractivity contribution in [1.29, 1.82) is 0 Å². The summed E-state index contributed by atoms with van der Waals surface area (Å²) < 4.78 is 13.2. The lowest BCUT2D eigenvalue weighted by Gasteiger charge is -2.13. The lowest BCUT2D eigenvalue weighted by Crippen LogP contribution is -2.17. The molecule has 3 rings (SSSR count). The molecule has 2 nitrogen and oxygen atoms in total. The van der Waals surface area contributed by atoms with Crippen molar-refractivity contribution in [2.24, 2.45) is 5.92 Å². The van der Waals surface area contributed by atoms with E-state index in [0.29, 0.717) is 6.42 Å². The van der Waals surface area contributed by atoms with Gasteiger partial charge in [0.1, 0.15) is 5.82 Å². The Balaban J connectivity index is 1.86. The van der Waals surface area contributed by atoms with E-state index in [1.165, 1.54) is 12.3 Å². The number of aryl methyl sites for hydroxylation is 1. The number of carbonyl (C=O) groups excluding carboxylic acids is 1. The molecular weight excluding hydrogens is 253 g/mol. The molecular formula is C17H16FNO. The molecule has 1 aliphatic carbocycles. The summed E-state index contributed by atoms with van der Waals surface area (Å²) in [6.07, 6.45) is 6.19. The summed E-state index contributed by atoms with van der Waals surface area (Å²) in [5, 5.41) is 0. The smallest absolute Gasteiger partial charge is 0.166 e. The summed E-state index contributed by atoms with van der Waals surface area (Å²) in [6, 6.07) is 9.28. The van der Waals surface area contributed by atoms with Crippen LogP contribution in [0, 0.1) is 11.7 Å².